The van der Waals surface area contributed by atoms with Crippen LogP contribution in [0, 0.1) is 5.92 Å². The van der Waals surface area contributed by atoms with E-state index in [-0.39, 0.29) is 0 Å². The molecule has 0 aliphatic carbocycles. The summed E-state index contributed by atoms with van der Waals surface area (Å²) in [5.74, 6) is 1.31. The molecule has 102 valence electrons. The second kappa shape index (κ2) is 7.88. The Hall–Kier alpha value is -0.440. The van der Waals surface area contributed by atoms with Crippen molar-refractivity contribution in [1.29, 1.82) is 0 Å². The highest BCUT2D eigenvalue weighted by Gasteiger charge is 2.09. The summed E-state index contributed by atoms with van der Waals surface area (Å²) in [6.45, 7) is 3.31. The smallest absolute Gasteiger partial charge is 0.138 e. The van der Waals surface area contributed by atoms with Crippen LogP contribution in [-0.2, 0) is 6.42 Å². The third kappa shape index (κ3) is 4.68. The van der Waals surface area contributed by atoms with Crippen LogP contribution in [0.2, 0.25) is 10.0 Å². The van der Waals surface area contributed by atoms with Gasteiger partial charge >= 0.3 is 0 Å². The number of benzene rings is 1. The summed E-state index contributed by atoms with van der Waals surface area (Å²) in [6, 6.07) is 3.70. The maximum atomic E-state index is 6.22. The van der Waals surface area contributed by atoms with Crippen molar-refractivity contribution >= 4 is 23.2 Å². The van der Waals surface area contributed by atoms with Gasteiger partial charge in [-0.25, -0.2) is 0 Å². The van der Waals surface area contributed by atoms with Gasteiger partial charge in [0.2, 0.25) is 0 Å². The minimum atomic E-state index is 0.625. The van der Waals surface area contributed by atoms with Crippen molar-refractivity contribution in [2.45, 2.75) is 26.2 Å². The standard InChI is InChI=1S/C14H21Cl2NO/c1-10(6-7-17-2)4-5-11-8-13(16)14(18-3)9-12(11)15/h8-10,17H,4-7H2,1-3H3. The molecule has 2 nitrogen and oxygen atoms in total. The lowest BCUT2D eigenvalue weighted by Gasteiger charge is -2.13. The number of methoxy groups -OCH3 is 1. The van der Waals surface area contributed by atoms with Crippen LogP contribution in [0.5, 0.6) is 5.75 Å². The monoisotopic (exact) mass is 289 g/mol. The second-order valence-electron chi connectivity index (χ2n) is 4.61. The number of nitrogens with one attached hydrogen (secondary N) is 1. The molecule has 1 N–H and O–H groups in total. The molecule has 0 aliphatic heterocycles. The summed E-state index contributed by atoms with van der Waals surface area (Å²) in [6.07, 6.45) is 3.25. The molecule has 0 fully saturated rings. The van der Waals surface area contributed by atoms with Crippen LogP contribution in [0.25, 0.3) is 0 Å². The molecule has 0 heterocycles. The fourth-order valence-electron chi connectivity index (χ4n) is 1.85. The van der Waals surface area contributed by atoms with E-state index in [4.69, 9.17) is 27.9 Å². The zero-order chi connectivity index (χ0) is 13.5. The van der Waals surface area contributed by atoms with Crippen molar-refractivity contribution in [2.24, 2.45) is 5.92 Å². The van der Waals surface area contributed by atoms with E-state index in [0.717, 1.165) is 30.0 Å². The Kier molecular flexibility index (Phi) is 6.83. The predicted molar refractivity (Wildman–Crippen MR) is 79.0 cm³/mol. The van der Waals surface area contributed by atoms with Gasteiger partial charge in [-0.1, -0.05) is 30.1 Å². The molecule has 1 unspecified atom stereocenters. The van der Waals surface area contributed by atoms with Gasteiger partial charge in [-0.15, -0.1) is 0 Å². The van der Waals surface area contributed by atoms with Gasteiger partial charge in [-0.2, -0.15) is 0 Å². The molecule has 0 saturated carbocycles. The zero-order valence-corrected chi connectivity index (χ0v) is 12.7. The SMILES string of the molecule is CNCCC(C)CCc1cc(Cl)c(OC)cc1Cl. The minimum absolute atomic E-state index is 0.625. The van der Waals surface area contributed by atoms with Gasteiger partial charge in [0.1, 0.15) is 5.75 Å². The minimum Gasteiger partial charge on any atom is -0.495 e. The molecule has 0 saturated heterocycles. The average Bonchev–Trinajstić information content (AvgIpc) is 2.36. The lowest BCUT2D eigenvalue weighted by molar-refractivity contribution is 0.414. The van der Waals surface area contributed by atoms with E-state index >= 15 is 0 Å². The van der Waals surface area contributed by atoms with Gasteiger partial charge in [-0.05, 0) is 50.4 Å². The van der Waals surface area contributed by atoms with Gasteiger partial charge in [0.05, 0.1) is 12.1 Å². The maximum absolute atomic E-state index is 6.22. The van der Waals surface area contributed by atoms with E-state index in [0.29, 0.717) is 16.7 Å². The van der Waals surface area contributed by atoms with Crippen molar-refractivity contribution in [2.75, 3.05) is 20.7 Å². The molecular formula is C14H21Cl2NO. The van der Waals surface area contributed by atoms with Crippen molar-refractivity contribution in [1.82, 2.24) is 5.32 Å². The van der Waals surface area contributed by atoms with Gasteiger partial charge in [0.25, 0.3) is 0 Å². The molecule has 0 aromatic heterocycles. The largest absolute Gasteiger partial charge is 0.495 e. The summed E-state index contributed by atoms with van der Waals surface area (Å²) in [5.41, 5.74) is 1.10. The first kappa shape index (κ1) is 15.6. The third-order valence-electron chi connectivity index (χ3n) is 3.11. The molecule has 1 rings (SSSR count). The van der Waals surface area contributed by atoms with Crippen LogP contribution in [-0.4, -0.2) is 20.7 Å². The van der Waals surface area contributed by atoms with Gasteiger partial charge in [0, 0.05) is 11.1 Å². The lowest BCUT2D eigenvalue weighted by atomic mass is 9.98. The summed E-state index contributed by atoms with van der Waals surface area (Å²) < 4.78 is 5.13. The van der Waals surface area contributed by atoms with Crippen LogP contribution in [0.3, 0.4) is 0 Å². The topological polar surface area (TPSA) is 21.3 Å². The highest BCUT2D eigenvalue weighted by atomic mass is 35.5. The first-order valence-electron chi connectivity index (χ1n) is 6.25. The Labute approximate surface area is 120 Å². The van der Waals surface area contributed by atoms with Crippen molar-refractivity contribution in [3.05, 3.63) is 27.7 Å². The molecule has 1 atom stereocenters. The fourth-order valence-corrected chi connectivity index (χ4v) is 2.37. The van der Waals surface area contributed by atoms with Crippen LogP contribution in [0.15, 0.2) is 12.1 Å². The van der Waals surface area contributed by atoms with Crippen molar-refractivity contribution < 1.29 is 4.74 Å². The van der Waals surface area contributed by atoms with E-state index < -0.39 is 0 Å². The zero-order valence-electron chi connectivity index (χ0n) is 11.2. The first-order chi connectivity index (χ1) is 8.58. The third-order valence-corrected chi connectivity index (χ3v) is 3.76. The molecule has 1 aromatic carbocycles. The lowest BCUT2D eigenvalue weighted by Crippen LogP contribution is -2.12. The van der Waals surface area contributed by atoms with E-state index in [9.17, 15) is 0 Å². The molecule has 0 aliphatic rings. The van der Waals surface area contributed by atoms with Crippen LogP contribution in [0.1, 0.15) is 25.3 Å². The van der Waals surface area contributed by atoms with Crippen molar-refractivity contribution in [3.63, 3.8) is 0 Å². The van der Waals surface area contributed by atoms with Crippen LogP contribution in [0.4, 0.5) is 0 Å². The number of halogens is 2. The number of hydrogen-bond acceptors (Lipinski definition) is 2. The van der Waals surface area contributed by atoms with E-state index in [1.165, 1.54) is 6.42 Å². The van der Waals surface area contributed by atoms with Gasteiger partial charge < -0.3 is 10.1 Å². The summed E-state index contributed by atoms with van der Waals surface area (Å²) in [7, 11) is 3.57. The summed E-state index contributed by atoms with van der Waals surface area (Å²) in [5, 5.41) is 4.53. The Morgan fingerprint density at radius 1 is 1.22 bits per heavy atom. The summed E-state index contributed by atoms with van der Waals surface area (Å²) >= 11 is 12.3. The fraction of sp³-hybridized carbons (Fsp3) is 0.571. The average molecular weight is 290 g/mol. The Morgan fingerprint density at radius 3 is 2.56 bits per heavy atom. The Morgan fingerprint density at radius 2 is 1.94 bits per heavy atom. The number of aryl methyl sites for hydroxylation is 1. The quantitative estimate of drug-likeness (QED) is 0.813. The van der Waals surface area contributed by atoms with Crippen LogP contribution < -0.4 is 10.1 Å². The second-order valence-corrected chi connectivity index (χ2v) is 5.43. The van der Waals surface area contributed by atoms with Crippen molar-refractivity contribution in [3.8, 4) is 5.75 Å². The molecular weight excluding hydrogens is 269 g/mol. The van der Waals surface area contributed by atoms with E-state index in [2.05, 4.69) is 12.2 Å². The molecule has 0 bridgehead atoms. The Balaban J connectivity index is 2.59. The predicted octanol–water partition coefficient (Wildman–Crippen LogP) is 4.18. The highest BCUT2D eigenvalue weighted by Crippen LogP contribution is 2.32. The van der Waals surface area contributed by atoms with E-state index in [1.807, 2.05) is 13.1 Å². The maximum Gasteiger partial charge on any atom is 0.138 e. The molecule has 0 spiro atoms. The molecule has 1 aromatic rings. The first-order valence-corrected chi connectivity index (χ1v) is 7.00. The summed E-state index contributed by atoms with van der Waals surface area (Å²) in [4.78, 5) is 0. The number of hydrogen-bond donors (Lipinski definition) is 1. The molecule has 18 heavy (non-hydrogen) atoms. The number of rotatable bonds is 7. The highest BCUT2D eigenvalue weighted by molar-refractivity contribution is 6.34. The van der Waals surface area contributed by atoms with E-state index in [1.54, 1.807) is 13.2 Å². The molecule has 4 heteroatoms. The number of ether oxygens (including phenoxy) is 1. The molecule has 0 amide bonds. The molecule has 0 radical (unpaired) electrons. The Bertz CT molecular complexity index is 382. The normalized spacial score (nSPS) is 12.5. The van der Waals surface area contributed by atoms with Crippen LogP contribution >= 0.6 is 23.2 Å². The van der Waals surface area contributed by atoms with Gasteiger partial charge in [-0.3, -0.25) is 0 Å². The van der Waals surface area contributed by atoms with Gasteiger partial charge in [0.15, 0.2) is 0 Å².